The fourth-order valence-corrected chi connectivity index (χ4v) is 2.07. The van der Waals surface area contributed by atoms with Gasteiger partial charge >= 0.3 is 0 Å². The fourth-order valence-electron chi connectivity index (χ4n) is 1.90. The van der Waals surface area contributed by atoms with Crippen LogP contribution in [0.5, 0.6) is 0 Å². The molecule has 0 atom stereocenters. The molecule has 0 aromatic carbocycles. The largest absolute Gasteiger partial charge is 0.278 e. The van der Waals surface area contributed by atoms with Crippen LogP contribution in [0.2, 0.25) is 5.15 Å². The van der Waals surface area contributed by atoms with Crippen molar-refractivity contribution >= 4 is 23.4 Å². The van der Waals surface area contributed by atoms with Crippen LogP contribution in [-0.2, 0) is 16.1 Å². The minimum Gasteiger partial charge on any atom is -0.278 e. The molecule has 2 rings (SSSR count). The number of likely N-dealkylation sites (tertiary alicyclic amines) is 1. The molecule has 0 saturated carbocycles. The van der Waals surface area contributed by atoms with Crippen molar-refractivity contribution < 1.29 is 9.59 Å². The lowest BCUT2D eigenvalue weighted by atomic mass is 9.92. The van der Waals surface area contributed by atoms with Gasteiger partial charge in [0.15, 0.2) is 0 Å². The number of amides is 2. The summed E-state index contributed by atoms with van der Waals surface area (Å²) in [5, 5.41) is 0.331. The highest BCUT2D eigenvalue weighted by Crippen LogP contribution is 2.33. The topological polar surface area (TPSA) is 50.3 Å². The van der Waals surface area contributed by atoms with Crippen LogP contribution in [0.3, 0.4) is 0 Å². The number of hydrogen-bond donors (Lipinski definition) is 0. The summed E-state index contributed by atoms with van der Waals surface area (Å²) in [6.07, 6.45) is 1.83. The number of pyridine rings is 1. The predicted octanol–water partition coefficient (Wildman–Crippen LogP) is 2.02. The Kier molecular flexibility index (Phi) is 2.91. The zero-order valence-electron chi connectivity index (χ0n) is 9.74. The summed E-state index contributed by atoms with van der Waals surface area (Å²) in [5.41, 5.74) is 0.0831. The van der Waals surface area contributed by atoms with Gasteiger partial charge in [-0.1, -0.05) is 31.5 Å². The first-order valence-electron chi connectivity index (χ1n) is 5.36. The molecule has 0 aliphatic carbocycles. The fraction of sp³-hybridized carbons (Fsp3) is 0.417. The molecule has 1 aliphatic heterocycles. The summed E-state index contributed by atoms with van der Waals surface area (Å²) in [4.78, 5) is 28.9. The van der Waals surface area contributed by atoms with Gasteiger partial charge in [-0.15, -0.1) is 0 Å². The van der Waals surface area contributed by atoms with Crippen molar-refractivity contribution in [1.82, 2.24) is 9.88 Å². The Labute approximate surface area is 105 Å². The Balaban J connectivity index is 2.23. The molecule has 0 radical (unpaired) electrons. The summed E-state index contributed by atoms with van der Waals surface area (Å²) in [5.74, 6) is -0.303. The smallest absolute Gasteiger partial charge is 0.235 e. The van der Waals surface area contributed by atoms with E-state index in [4.69, 9.17) is 11.6 Å². The normalized spacial score (nSPS) is 18.9. The average molecular weight is 253 g/mol. The molecule has 1 aromatic heterocycles. The van der Waals surface area contributed by atoms with Crippen molar-refractivity contribution in [2.45, 2.75) is 26.8 Å². The molecule has 2 heterocycles. The Hall–Kier alpha value is -1.42. The molecule has 17 heavy (non-hydrogen) atoms. The summed E-state index contributed by atoms with van der Waals surface area (Å²) in [6, 6.07) is 3.50. The van der Waals surface area contributed by atoms with E-state index in [1.165, 1.54) is 4.90 Å². The monoisotopic (exact) mass is 252 g/mol. The van der Waals surface area contributed by atoms with Crippen LogP contribution in [0.25, 0.3) is 0 Å². The zero-order valence-corrected chi connectivity index (χ0v) is 10.5. The van der Waals surface area contributed by atoms with Gasteiger partial charge in [-0.05, 0) is 6.07 Å². The third-order valence-corrected chi connectivity index (χ3v) is 3.22. The maximum atomic E-state index is 12.0. The van der Waals surface area contributed by atoms with Gasteiger partial charge in [0.1, 0.15) is 5.15 Å². The highest BCUT2D eigenvalue weighted by molar-refractivity contribution is 6.30. The quantitative estimate of drug-likeness (QED) is 0.598. The standard InChI is InChI=1S/C12H13ClN2O2/c1-12(2)6-9(16)15(11(12)17)7-8-4-3-5-14-10(8)13/h3-5H,6-7H2,1-2H3. The lowest BCUT2D eigenvalue weighted by Gasteiger charge is -2.17. The maximum absolute atomic E-state index is 12.0. The van der Waals surface area contributed by atoms with E-state index in [9.17, 15) is 9.59 Å². The van der Waals surface area contributed by atoms with Gasteiger partial charge in [0.25, 0.3) is 0 Å². The second-order valence-electron chi connectivity index (χ2n) is 4.80. The maximum Gasteiger partial charge on any atom is 0.235 e. The van der Waals surface area contributed by atoms with Crippen LogP contribution in [-0.4, -0.2) is 21.7 Å². The van der Waals surface area contributed by atoms with Crippen LogP contribution >= 0.6 is 11.6 Å². The number of hydrogen-bond acceptors (Lipinski definition) is 3. The van der Waals surface area contributed by atoms with Gasteiger partial charge in [0.2, 0.25) is 11.8 Å². The molecule has 1 fully saturated rings. The number of aromatic nitrogens is 1. The summed E-state index contributed by atoms with van der Waals surface area (Å²) in [6.45, 7) is 3.75. The molecule has 1 saturated heterocycles. The van der Waals surface area contributed by atoms with Crippen molar-refractivity contribution in [1.29, 1.82) is 0 Å². The van der Waals surface area contributed by atoms with Crippen molar-refractivity contribution in [3.05, 3.63) is 29.0 Å². The van der Waals surface area contributed by atoms with Crippen molar-refractivity contribution in [3.8, 4) is 0 Å². The highest BCUT2D eigenvalue weighted by atomic mass is 35.5. The van der Waals surface area contributed by atoms with E-state index >= 15 is 0 Å². The van der Waals surface area contributed by atoms with E-state index in [1.807, 2.05) is 0 Å². The van der Waals surface area contributed by atoms with Crippen LogP contribution < -0.4 is 0 Å². The lowest BCUT2D eigenvalue weighted by Crippen LogP contribution is -2.32. The first-order valence-corrected chi connectivity index (χ1v) is 5.74. The second kappa shape index (κ2) is 4.11. The first-order chi connectivity index (χ1) is 7.92. The number of imide groups is 1. The number of halogens is 1. The van der Waals surface area contributed by atoms with E-state index < -0.39 is 5.41 Å². The molecule has 0 N–H and O–H groups in total. The van der Waals surface area contributed by atoms with Crippen LogP contribution in [0, 0.1) is 5.41 Å². The summed E-state index contributed by atoms with van der Waals surface area (Å²) in [7, 11) is 0. The molecule has 0 unspecified atom stereocenters. The van der Waals surface area contributed by atoms with Crippen LogP contribution in [0.15, 0.2) is 18.3 Å². The molecule has 2 amide bonds. The van der Waals surface area contributed by atoms with Crippen molar-refractivity contribution in [3.63, 3.8) is 0 Å². The number of rotatable bonds is 2. The van der Waals surface area contributed by atoms with E-state index in [1.54, 1.807) is 32.2 Å². The van der Waals surface area contributed by atoms with E-state index in [2.05, 4.69) is 4.98 Å². The van der Waals surface area contributed by atoms with Crippen LogP contribution in [0.4, 0.5) is 0 Å². The summed E-state index contributed by atoms with van der Waals surface area (Å²) < 4.78 is 0. The van der Waals surface area contributed by atoms with Gasteiger partial charge in [-0.25, -0.2) is 4.98 Å². The zero-order chi connectivity index (χ0) is 12.6. The van der Waals surface area contributed by atoms with E-state index in [0.29, 0.717) is 10.7 Å². The minimum atomic E-state index is -0.605. The van der Waals surface area contributed by atoms with E-state index in [0.717, 1.165) is 0 Å². The lowest BCUT2D eigenvalue weighted by molar-refractivity contribution is -0.141. The second-order valence-corrected chi connectivity index (χ2v) is 5.16. The van der Waals surface area contributed by atoms with Gasteiger partial charge in [0.05, 0.1) is 12.0 Å². The SMILES string of the molecule is CC1(C)CC(=O)N(Cc2cccnc2Cl)C1=O. The molecular weight excluding hydrogens is 240 g/mol. The number of carbonyl (C=O) groups is 2. The molecule has 90 valence electrons. The first kappa shape index (κ1) is 12.0. The van der Waals surface area contributed by atoms with Crippen LogP contribution in [0.1, 0.15) is 25.8 Å². The third-order valence-electron chi connectivity index (χ3n) is 2.88. The van der Waals surface area contributed by atoms with Gasteiger partial charge < -0.3 is 0 Å². The molecule has 1 aliphatic rings. The third kappa shape index (κ3) is 2.17. The molecule has 0 spiro atoms. The van der Waals surface area contributed by atoms with Crippen molar-refractivity contribution in [2.75, 3.05) is 0 Å². The average Bonchev–Trinajstić information content (AvgIpc) is 2.43. The molecular formula is C12H13ClN2O2. The molecule has 4 nitrogen and oxygen atoms in total. The number of carbonyl (C=O) groups excluding carboxylic acids is 2. The Bertz CT molecular complexity index is 485. The Morgan fingerprint density at radius 3 is 2.71 bits per heavy atom. The summed E-state index contributed by atoms with van der Waals surface area (Å²) >= 11 is 5.91. The van der Waals surface area contributed by atoms with Crippen molar-refractivity contribution in [2.24, 2.45) is 5.41 Å². The predicted molar refractivity (Wildman–Crippen MR) is 63.2 cm³/mol. The minimum absolute atomic E-state index is 0.151. The number of nitrogens with zero attached hydrogens (tertiary/aromatic N) is 2. The van der Waals surface area contributed by atoms with Gasteiger partial charge in [0, 0.05) is 18.2 Å². The highest BCUT2D eigenvalue weighted by Gasteiger charge is 2.44. The molecule has 1 aromatic rings. The van der Waals surface area contributed by atoms with E-state index in [-0.39, 0.29) is 24.8 Å². The Morgan fingerprint density at radius 1 is 1.47 bits per heavy atom. The molecule has 0 bridgehead atoms. The van der Waals surface area contributed by atoms with Gasteiger partial charge in [-0.3, -0.25) is 14.5 Å². The van der Waals surface area contributed by atoms with Gasteiger partial charge in [-0.2, -0.15) is 0 Å². The molecule has 5 heteroatoms. The Morgan fingerprint density at radius 2 is 2.18 bits per heavy atom.